The monoisotopic (exact) mass is 353 g/mol. The minimum absolute atomic E-state index is 0.0406. The van der Waals surface area contributed by atoms with E-state index in [0.29, 0.717) is 38.6 Å². The van der Waals surface area contributed by atoms with Crippen molar-refractivity contribution in [3.8, 4) is 12.3 Å². The number of aromatic nitrogens is 1. The average molecular weight is 353 g/mol. The van der Waals surface area contributed by atoms with E-state index >= 15 is 0 Å². The van der Waals surface area contributed by atoms with Crippen molar-refractivity contribution in [1.82, 2.24) is 15.2 Å². The Hall–Kier alpha value is -2.75. The molecule has 3 rings (SSSR count). The summed E-state index contributed by atoms with van der Waals surface area (Å²) in [5.74, 6) is 2.68. The number of pyridine rings is 1. The van der Waals surface area contributed by atoms with Gasteiger partial charge in [-0.25, -0.2) is 0 Å². The maximum absolute atomic E-state index is 12.2. The summed E-state index contributed by atoms with van der Waals surface area (Å²) in [6.45, 7) is 0.466. The zero-order chi connectivity index (χ0) is 18.6. The van der Waals surface area contributed by atoms with Gasteiger partial charge in [-0.05, 0) is 17.7 Å². The Balaban J connectivity index is 1.51. The molecular weight excluding hydrogens is 330 g/mol. The summed E-state index contributed by atoms with van der Waals surface area (Å²) in [7, 11) is 1.81. The summed E-state index contributed by atoms with van der Waals surface area (Å²) in [4.78, 5) is 30.1. The largest absolute Gasteiger partial charge is 0.356 e. The van der Waals surface area contributed by atoms with Crippen LogP contribution in [0, 0.1) is 18.3 Å². The van der Waals surface area contributed by atoms with Crippen molar-refractivity contribution in [2.45, 2.75) is 43.8 Å². The lowest BCUT2D eigenvalue weighted by molar-refractivity contribution is -0.127. The predicted octanol–water partition coefficient (Wildman–Crippen LogP) is 2.07. The molecule has 1 aromatic rings. The van der Waals surface area contributed by atoms with E-state index < -0.39 is 5.66 Å². The molecule has 7 heteroatoms. The van der Waals surface area contributed by atoms with Crippen LogP contribution in [0.15, 0.2) is 34.8 Å². The fourth-order valence-electron chi connectivity index (χ4n) is 3.51. The van der Waals surface area contributed by atoms with Gasteiger partial charge in [-0.2, -0.15) is 10.2 Å². The van der Waals surface area contributed by atoms with Crippen LogP contribution in [-0.4, -0.2) is 41.0 Å². The number of rotatable bonds is 8. The highest BCUT2D eigenvalue weighted by molar-refractivity contribution is 5.80. The first kappa shape index (κ1) is 18.1. The van der Waals surface area contributed by atoms with Gasteiger partial charge in [0.15, 0.2) is 5.66 Å². The van der Waals surface area contributed by atoms with Crippen LogP contribution in [0.25, 0.3) is 0 Å². The average Bonchev–Trinajstić information content (AvgIpc) is 3.37. The molecule has 0 saturated carbocycles. The summed E-state index contributed by atoms with van der Waals surface area (Å²) in [6.07, 6.45) is 11.4. The second kappa shape index (κ2) is 7.65. The van der Waals surface area contributed by atoms with Crippen LogP contribution in [0.3, 0.4) is 0 Å². The van der Waals surface area contributed by atoms with Crippen LogP contribution in [0.2, 0.25) is 0 Å². The molecule has 0 aromatic carbocycles. The molecule has 136 valence electrons. The number of carbonyl (C=O) groups is 2. The normalized spacial score (nSPS) is 22.9. The molecule has 0 aliphatic carbocycles. The van der Waals surface area contributed by atoms with Gasteiger partial charge in [-0.1, -0.05) is 0 Å². The molecule has 1 N–H and O–H groups in total. The molecule has 0 radical (unpaired) electrons. The smallest absolute Gasteiger partial charge is 0.223 e. The second-order valence-electron chi connectivity index (χ2n) is 6.88. The van der Waals surface area contributed by atoms with Crippen LogP contribution in [0.4, 0.5) is 0 Å². The third-order valence-corrected chi connectivity index (χ3v) is 5.11. The number of likely N-dealkylation sites (tertiary alicyclic amines) is 1. The summed E-state index contributed by atoms with van der Waals surface area (Å²) in [5.41, 5.74) is 0.601. The van der Waals surface area contributed by atoms with Crippen LogP contribution in [-0.2, 0) is 9.59 Å². The number of amides is 2. The van der Waals surface area contributed by atoms with E-state index in [4.69, 9.17) is 6.42 Å². The highest BCUT2D eigenvalue weighted by Gasteiger charge is 2.40. The number of nitrogens with one attached hydrogen (secondary N) is 1. The molecule has 7 nitrogen and oxygen atoms in total. The third kappa shape index (κ3) is 4.07. The highest BCUT2D eigenvalue weighted by Crippen LogP contribution is 2.38. The fraction of sp³-hybridized carbons (Fsp3) is 0.526. The quantitative estimate of drug-likeness (QED) is 0.726. The standard InChI is InChI=1S/C19H23N5O2/c1-3-4-8-19(22-23-19)9-5-16(25)21-13-15-12-17(26)24(2)18(15)14-6-10-20-11-7-14/h1,6-7,10-11,15,18H,4-5,8-9,12-13H2,2H3,(H,21,25)/t15-,18-/m1/s1. The number of carbonyl (C=O) groups excluding carboxylic acids is 2. The first-order valence-electron chi connectivity index (χ1n) is 8.84. The lowest BCUT2D eigenvalue weighted by Crippen LogP contribution is -2.33. The zero-order valence-corrected chi connectivity index (χ0v) is 14.9. The van der Waals surface area contributed by atoms with Crippen molar-refractivity contribution in [1.29, 1.82) is 0 Å². The van der Waals surface area contributed by atoms with Crippen LogP contribution in [0.1, 0.15) is 43.7 Å². The van der Waals surface area contributed by atoms with Crippen molar-refractivity contribution in [3.05, 3.63) is 30.1 Å². The van der Waals surface area contributed by atoms with Gasteiger partial charge in [-0.15, -0.1) is 12.3 Å². The summed E-state index contributed by atoms with van der Waals surface area (Å²) in [6, 6.07) is 3.79. The van der Waals surface area contributed by atoms with Gasteiger partial charge < -0.3 is 10.2 Å². The fourth-order valence-corrected chi connectivity index (χ4v) is 3.51. The summed E-state index contributed by atoms with van der Waals surface area (Å²) < 4.78 is 0. The van der Waals surface area contributed by atoms with Crippen LogP contribution < -0.4 is 5.32 Å². The Labute approximate surface area is 153 Å². The van der Waals surface area contributed by atoms with Crippen molar-refractivity contribution in [3.63, 3.8) is 0 Å². The van der Waals surface area contributed by atoms with E-state index in [-0.39, 0.29) is 23.8 Å². The molecule has 2 atom stereocenters. The molecule has 0 unspecified atom stereocenters. The molecule has 26 heavy (non-hydrogen) atoms. The van der Waals surface area contributed by atoms with E-state index in [1.54, 1.807) is 24.3 Å². The minimum Gasteiger partial charge on any atom is -0.356 e. The molecule has 1 saturated heterocycles. The van der Waals surface area contributed by atoms with Gasteiger partial charge in [0, 0.05) is 64.0 Å². The number of hydrogen-bond donors (Lipinski definition) is 1. The zero-order valence-electron chi connectivity index (χ0n) is 14.9. The van der Waals surface area contributed by atoms with Gasteiger partial charge in [-0.3, -0.25) is 14.6 Å². The predicted molar refractivity (Wildman–Crippen MR) is 95.8 cm³/mol. The van der Waals surface area contributed by atoms with E-state index in [1.807, 2.05) is 12.1 Å². The van der Waals surface area contributed by atoms with E-state index in [2.05, 4.69) is 26.4 Å². The number of hydrogen-bond acceptors (Lipinski definition) is 5. The molecule has 2 aliphatic heterocycles. The van der Waals surface area contributed by atoms with Crippen LogP contribution >= 0.6 is 0 Å². The SMILES string of the molecule is C#CCCC1(CCC(=O)NC[C@H]2CC(=O)N(C)[C@@H]2c2ccncc2)N=N1. The first-order chi connectivity index (χ1) is 12.5. The molecule has 1 fully saturated rings. The van der Waals surface area contributed by atoms with Gasteiger partial charge in [0.25, 0.3) is 0 Å². The Morgan fingerprint density at radius 1 is 1.38 bits per heavy atom. The molecule has 0 spiro atoms. The molecule has 0 bridgehead atoms. The minimum atomic E-state index is -0.438. The van der Waals surface area contributed by atoms with Crippen molar-refractivity contribution in [2.75, 3.05) is 13.6 Å². The third-order valence-electron chi connectivity index (χ3n) is 5.11. The lowest BCUT2D eigenvalue weighted by atomic mass is 9.94. The van der Waals surface area contributed by atoms with Crippen molar-refractivity contribution in [2.24, 2.45) is 16.1 Å². The highest BCUT2D eigenvalue weighted by atomic mass is 16.2. The second-order valence-corrected chi connectivity index (χ2v) is 6.88. The summed E-state index contributed by atoms with van der Waals surface area (Å²) >= 11 is 0. The van der Waals surface area contributed by atoms with Crippen molar-refractivity contribution < 1.29 is 9.59 Å². The molecule has 2 amide bonds. The van der Waals surface area contributed by atoms with E-state index in [9.17, 15) is 9.59 Å². The molecule has 1 aromatic heterocycles. The van der Waals surface area contributed by atoms with Crippen molar-refractivity contribution >= 4 is 11.8 Å². The Morgan fingerprint density at radius 2 is 2.12 bits per heavy atom. The van der Waals surface area contributed by atoms with Gasteiger partial charge >= 0.3 is 0 Å². The Kier molecular flexibility index (Phi) is 5.31. The summed E-state index contributed by atoms with van der Waals surface area (Å²) in [5, 5.41) is 11.1. The molecular formula is C19H23N5O2. The maximum atomic E-state index is 12.2. The van der Waals surface area contributed by atoms with Gasteiger partial charge in [0.05, 0.1) is 6.04 Å². The molecule has 2 aliphatic rings. The Morgan fingerprint density at radius 3 is 2.77 bits per heavy atom. The van der Waals surface area contributed by atoms with E-state index in [1.165, 1.54) is 0 Å². The lowest BCUT2D eigenvalue weighted by Gasteiger charge is -2.25. The molecule has 3 heterocycles. The first-order valence-corrected chi connectivity index (χ1v) is 8.84. The van der Waals surface area contributed by atoms with Gasteiger partial charge in [0.2, 0.25) is 11.8 Å². The van der Waals surface area contributed by atoms with E-state index in [0.717, 1.165) is 5.56 Å². The Bertz CT molecular complexity index is 734. The van der Waals surface area contributed by atoms with Gasteiger partial charge in [0.1, 0.15) is 0 Å². The maximum Gasteiger partial charge on any atom is 0.223 e. The topological polar surface area (TPSA) is 87.0 Å². The number of terminal acetylenes is 1. The van der Waals surface area contributed by atoms with Crippen LogP contribution in [0.5, 0.6) is 0 Å². The number of nitrogens with zero attached hydrogens (tertiary/aromatic N) is 4.